The van der Waals surface area contributed by atoms with Crippen molar-refractivity contribution in [3.8, 4) is 0 Å². The Labute approximate surface area is 158 Å². The Hall–Kier alpha value is -2.31. The molecule has 140 valence electrons. The number of amides is 2. The van der Waals surface area contributed by atoms with Crippen molar-refractivity contribution in [3.63, 3.8) is 0 Å². The van der Waals surface area contributed by atoms with E-state index >= 15 is 0 Å². The number of rotatable bonds is 9. The van der Waals surface area contributed by atoms with Crippen LogP contribution >= 0.6 is 11.6 Å². The highest BCUT2D eigenvalue weighted by molar-refractivity contribution is 6.30. The van der Waals surface area contributed by atoms with Crippen LogP contribution in [0.4, 0.5) is 0 Å². The van der Waals surface area contributed by atoms with Crippen molar-refractivity contribution in [3.05, 3.63) is 59.0 Å². The molecule has 2 rings (SSSR count). The minimum absolute atomic E-state index is 0.0125. The zero-order valence-electron chi connectivity index (χ0n) is 15.1. The minimum Gasteiger partial charge on any atom is -0.459 e. The van der Waals surface area contributed by atoms with Gasteiger partial charge in [-0.15, -0.1) is 0 Å². The summed E-state index contributed by atoms with van der Waals surface area (Å²) in [5.74, 6) is -0.0926. The molecule has 1 aromatic carbocycles. The third kappa shape index (κ3) is 6.54. The van der Waals surface area contributed by atoms with Crippen LogP contribution in [0.5, 0.6) is 0 Å². The molecule has 0 unspecified atom stereocenters. The number of hydrogen-bond donors (Lipinski definition) is 1. The minimum atomic E-state index is -0.319. The maximum Gasteiger partial charge on any atom is 0.286 e. The zero-order valence-corrected chi connectivity index (χ0v) is 15.8. The lowest BCUT2D eigenvalue weighted by Crippen LogP contribution is -2.38. The van der Waals surface area contributed by atoms with Crippen LogP contribution in [-0.2, 0) is 11.3 Å². The summed E-state index contributed by atoms with van der Waals surface area (Å²) in [6, 6.07) is 10.7. The summed E-state index contributed by atoms with van der Waals surface area (Å²) in [6.07, 6.45) is 1.67. The number of nitrogens with zero attached hydrogens (tertiary/aromatic N) is 2. The second-order valence-corrected chi connectivity index (χ2v) is 6.66. The SMILES string of the molecule is CN(C)CCN(Cc1ccc(Cl)cc1)C(=O)CCNC(=O)c1ccco1. The molecule has 26 heavy (non-hydrogen) atoms. The third-order valence-electron chi connectivity index (χ3n) is 3.83. The normalized spacial score (nSPS) is 10.8. The van der Waals surface area contributed by atoms with Gasteiger partial charge in [0, 0.05) is 37.6 Å². The summed E-state index contributed by atoms with van der Waals surface area (Å²) in [5, 5.41) is 3.37. The molecule has 0 atom stereocenters. The van der Waals surface area contributed by atoms with Gasteiger partial charge in [0.1, 0.15) is 0 Å². The van der Waals surface area contributed by atoms with E-state index in [1.54, 1.807) is 17.0 Å². The van der Waals surface area contributed by atoms with E-state index in [2.05, 4.69) is 5.32 Å². The number of halogens is 1. The summed E-state index contributed by atoms with van der Waals surface area (Å²) >= 11 is 5.92. The molecular weight excluding hydrogens is 354 g/mol. The second kappa shape index (κ2) is 9.99. The topological polar surface area (TPSA) is 65.8 Å². The molecule has 6 nitrogen and oxygen atoms in total. The first-order chi connectivity index (χ1) is 12.5. The zero-order chi connectivity index (χ0) is 18.9. The molecule has 1 N–H and O–H groups in total. The van der Waals surface area contributed by atoms with E-state index in [1.807, 2.05) is 43.3 Å². The summed E-state index contributed by atoms with van der Waals surface area (Å²) in [4.78, 5) is 28.3. The standard InChI is InChI=1S/C19H24ClN3O3/c1-22(2)11-12-23(14-15-5-7-16(20)8-6-15)18(24)9-10-21-19(25)17-4-3-13-26-17/h3-8,13H,9-12,14H2,1-2H3,(H,21,25). The van der Waals surface area contributed by atoms with Crippen LogP contribution in [-0.4, -0.2) is 55.3 Å². The van der Waals surface area contributed by atoms with Crippen LogP contribution in [0.2, 0.25) is 5.02 Å². The Bertz CT molecular complexity index is 699. The number of carbonyl (C=O) groups is 2. The number of carbonyl (C=O) groups excluding carboxylic acids is 2. The van der Waals surface area contributed by atoms with Gasteiger partial charge in [-0.1, -0.05) is 23.7 Å². The lowest BCUT2D eigenvalue weighted by Gasteiger charge is -2.25. The Morgan fingerprint density at radius 2 is 1.85 bits per heavy atom. The van der Waals surface area contributed by atoms with Crippen LogP contribution < -0.4 is 5.32 Å². The van der Waals surface area contributed by atoms with E-state index in [1.165, 1.54) is 6.26 Å². The van der Waals surface area contributed by atoms with Gasteiger partial charge in [-0.3, -0.25) is 9.59 Å². The number of furan rings is 1. The van der Waals surface area contributed by atoms with E-state index < -0.39 is 0 Å². The highest BCUT2D eigenvalue weighted by Crippen LogP contribution is 2.12. The maximum absolute atomic E-state index is 12.6. The highest BCUT2D eigenvalue weighted by Gasteiger charge is 2.15. The lowest BCUT2D eigenvalue weighted by atomic mass is 10.2. The number of nitrogens with one attached hydrogen (secondary N) is 1. The van der Waals surface area contributed by atoms with Crippen molar-refractivity contribution in [1.29, 1.82) is 0 Å². The van der Waals surface area contributed by atoms with Gasteiger partial charge < -0.3 is 19.5 Å². The van der Waals surface area contributed by atoms with Gasteiger partial charge in [-0.05, 0) is 43.9 Å². The predicted octanol–water partition coefficient (Wildman–Crippen LogP) is 2.64. The van der Waals surface area contributed by atoms with Crippen LogP contribution in [0.25, 0.3) is 0 Å². The molecule has 2 amide bonds. The number of hydrogen-bond acceptors (Lipinski definition) is 4. The van der Waals surface area contributed by atoms with Gasteiger partial charge in [0.25, 0.3) is 5.91 Å². The van der Waals surface area contributed by atoms with E-state index in [4.69, 9.17) is 16.0 Å². The van der Waals surface area contributed by atoms with Gasteiger partial charge >= 0.3 is 0 Å². The molecule has 1 heterocycles. The Morgan fingerprint density at radius 3 is 2.46 bits per heavy atom. The highest BCUT2D eigenvalue weighted by atomic mass is 35.5. The maximum atomic E-state index is 12.6. The fourth-order valence-electron chi connectivity index (χ4n) is 2.36. The molecule has 0 fully saturated rings. The van der Waals surface area contributed by atoms with E-state index in [-0.39, 0.29) is 30.5 Å². The molecule has 0 aliphatic carbocycles. The molecule has 2 aromatic rings. The van der Waals surface area contributed by atoms with Crippen molar-refractivity contribution in [2.24, 2.45) is 0 Å². The quantitative estimate of drug-likeness (QED) is 0.729. The van der Waals surface area contributed by atoms with Gasteiger partial charge in [-0.25, -0.2) is 0 Å². The first kappa shape index (κ1) is 20.0. The van der Waals surface area contributed by atoms with Crippen molar-refractivity contribution in [2.45, 2.75) is 13.0 Å². The summed E-state index contributed by atoms with van der Waals surface area (Å²) in [6.45, 7) is 2.14. The van der Waals surface area contributed by atoms with Crippen LogP contribution in [0.15, 0.2) is 47.1 Å². The van der Waals surface area contributed by atoms with E-state index in [0.717, 1.165) is 12.1 Å². The summed E-state index contributed by atoms with van der Waals surface area (Å²) in [7, 11) is 3.93. The first-order valence-electron chi connectivity index (χ1n) is 8.44. The third-order valence-corrected chi connectivity index (χ3v) is 4.08. The molecule has 1 aromatic heterocycles. The Morgan fingerprint density at radius 1 is 1.12 bits per heavy atom. The fourth-order valence-corrected chi connectivity index (χ4v) is 2.48. The molecule has 0 aliphatic heterocycles. The molecule has 0 saturated heterocycles. The average molecular weight is 378 g/mol. The summed E-state index contributed by atoms with van der Waals surface area (Å²) in [5.41, 5.74) is 1.01. The Kier molecular flexibility index (Phi) is 7.69. The first-order valence-corrected chi connectivity index (χ1v) is 8.82. The van der Waals surface area contributed by atoms with E-state index in [9.17, 15) is 9.59 Å². The van der Waals surface area contributed by atoms with Crippen molar-refractivity contribution >= 4 is 23.4 Å². The molecule has 0 saturated carbocycles. The van der Waals surface area contributed by atoms with Gasteiger partial charge in [0.15, 0.2) is 5.76 Å². The smallest absolute Gasteiger partial charge is 0.286 e. The van der Waals surface area contributed by atoms with E-state index in [0.29, 0.717) is 18.1 Å². The monoisotopic (exact) mass is 377 g/mol. The van der Waals surface area contributed by atoms with Crippen LogP contribution in [0.1, 0.15) is 22.5 Å². The van der Waals surface area contributed by atoms with Crippen molar-refractivity contribution in [2.75, 3.05) is 33.7 Å². The predicted molar refractivity (Wildman–Crippen MR) is 101 cm³/mol. The van der Waals surface area contributed by atoms with Crippen molar-refractivity contribution < 1.29 is 14.0 Å². The average Bonchev–Trinajstić information content (AvgIpc) is 3.14. The molecule has 0 radical (unpaired) electrons. The fraction of sp³-hybridized carbons (Fsp3) is 0.368. The summed E-state index contributed by atoms with van der Waals surface area (Å²) < 4.78 is 5.03. The van der Waals surface area contributed by atoms with Gasteiger partial charge in [0.2, 0.25) is 5.91 Å². The number of likely N-dealkylation sites (N-methyl/N-ethyl adjacent to an activating group) is 1. The van der Waals surface area contributed by atoms with Gasteiger partial charge in [0.05, 0.1) is 6.26 Å². The molecule has 0 bridgehead atoms. The largest absolute Gasteiger partial charge is 0.459 e. The second-order valence-electron chi connectivity index (χ2n) is 6.23. The lowest BCUT2D eigenvalue weighted by molar-refractivity contribution is -0.131. The Balaban J connectivity index is 1.89. The number of benzene rings is 1. The van der Waals surface area contributed by atoms with Crippen molar-refractivity contribution in [1.82, 2.24) is 15.1 Å². The van der Waals surface area contributed by atoms with Crippen LogP contribution in [0.3, 0.4) is 0 Å². The van der Waals surface area contributed by atoms with Gasteiger partial charge in [-0.2, -0.15) is 0 Å². The molecular formula is C19H24ClN3O3. The molecule has 7 heteroatoms. The molecule has 0 spiro atoms. The van der Waals surface area contributed by atoms with Crippen LogP contribution in [0, 0.1) is 0 Å². The molecule has 0 aliphatic rings.